The summed E-state index contributed by atoms with van der Waals surface area (Å²) in [6.07, 6.45) is -0.527. The molecule has 100 valence electrons. The van der Waals surface area contributed by atoms with Crippen molar-refractivity contribution in [3.05, 3.63) is 29.3 Å². The molecule has 1 aromatic carbocycles. The van der Waals surface area contributed by atoms with E-state index in [1.165, 1.54) is 0 Å². The van der Waals surface area contributed by atoms with Gasteiger partial charge in [0.25, 0.3) is 5.91 Å². The molecule has 0 radical (unpaired) electrons. The van der Waals surface area contributed by atoms with Crippen LogP contribution in [0.3, 0.4) is 0 Å². The van der Waals surface area contributed by atoms with Crippen LogP contribution in [-0.4, -0.2) is 43.7 Å². The molecule has 1 aromatic rings. The molecule has 1 atom stereocenters. The van der Waals surface area contributed by atoms with Crippen LogP contribution in [0.25, 0.3) is 0 Å². The van der Waals surface area contributed by atoms with Crippen molar-refractivity contribution in [2.24, 2.45) is 0 Å². The molecular weight excluding hydrogens is 242 g/mol. The number of carbonyl (C=O) groups is 1. The van der Waals surface area contributed by atoms with Crippen LogP contribution in [0.4, 0.5) is 5.69 Å². The fourth-order valence-electron chi connectivity index (χ4n) is 2.14. The van der Waals surface area contributed by atoms with Crippen molar-refractivity contribution in [3.63, 3.8) is 0 Å². The Kier molecular flexibility index (Phi) is 4.03. The molecule has 1 saturated heterocycles. The summed E-state index contributed by atoms with van der Waals surface area (Å²) in [5.74, 6) is -0.0587. The molecule has 0 saturated carbocycles. The smallest absolute Gasteiger partial charge is 0.256 e. The zero-order valence-corrected chi connectivity index (χ0v) is 11.1. The largest absolute Gasteiger partial charge is 0.387 e. The highest BCUT2D eigenvalue weighted by molar-refractivity contribution is 5.99. The second-order valence-corrected chi connectivity index (χ2v) is 4.54. The van der Waals surface area contributed by atoms with Gasteiger partial charge in [-0.1, -0.05) is 11.6 Å². The number of nitrogens with one attached hydrogen (secondary N) is 1. The number of nitriles is 1. The molecule has 1 amide bonds. The fourth-order valence-corrected chi connectivity index (χ4v) is 2.14. The van der Waals surface area contributed by atoms with Gasteiger partial charge in [-0.15, -0.1) is 0 Å². The van der Waals surface area contributed by atoms with E-state index in [2.05, 4.69) is 5.32 Å². The third-order valence-electron chi connectivity index (χ3n) is 3.17. The summed E-state index contributed by atoms with van der Waals surface area (Å²) in [5.41, 5.74) is 2.48. The van der Waals surface area contributed by atoms with Crippen molar-refractivity contribution in [1.82, 2.24) is 4.90 Å². The lowest BCUT2D eigenvalue weighted by Gasteiger charge is -2.30. The quantitative estimate of drug-likeness (QED) is 0.872. The van der Waals surface area contributed by atoms with Gasteiger partial charge >= 0.3 is 0 Å². The lowest BCUT2D eigenvalue weighted by Crippen LogP contribution is -2.45. The molecule has 1 N–H and O–H groups in total. The number of amides is 1. The molecule has 0 bridgehead atoms. The second-order valence-electron chi connectivity index (χ2n) is 4.54. The van der Waals surface area contributed by atoms with E-state index >= 15 is 0 Å². The first-order valence-corrected chi connectivity index (χ1v) is 6.24. The molecule has 1 fully saturated rings. The SMILES string of the molecule is CNc1ccc(C)cc1C(=O)N1CCOC(C#N)C1. The topological polar surface area (TPSA) is 65.4 Å². The van der Waals surface area contributed by atoms with Crippen LogP contribution in [0.15, 0.2) is 18.2 Å². The lowest BCUT2D eigenvalue weighted by atomic mass is 10.1. The van der Waals surface area contributed by atoms with E-state index < -0.39 is 6.10 Å². The Bertz CT molecular complexity index is 522. The Morgan fingerprint density at radius 3 is 3.05 bits per heavy atom. The van der Waals surface area contributed by atoms with Gasteiger partial charge in [-0.25, -0.2) is 0 Å². The van der Waals surface area contributed by atoms with Crippen LogP contribution in [0, 0.1) is 18.3 Å². The van der Waals surface area contributed by atoms with Gasteiger partial charge < -0.3 is 15.0 Å². The minimum atomic E-state index is -0.527. The zero-order valence-electron chi connectivity index (χ0n) is 11.1. The van der Waals surface area contributed by atoms with Gasteiger partial charge in [-0.05, 0) is 19.1 Å². The minimum Gasteiger partial charge on any atom is -0.387 e. The highest BCUT2D eigenvalue weighted by atomic mass is 16.5. The monoisotopic (exact) mass is 259 g/mol. The number of hydrogen-bond donors (Lipinski definition) is 1. The molecule has 1 aliphatic rings. The van der Waals surface area contributed by atoms with Gasteiger partial charge in [-0.2, -0.15) is 5.26 Å². The van der Waals surface area contributed by atoms with Crippen LogP contribution < -0.4 is 5.32 Å². The van der Waals surface area contributed by atoms with Gasteiger partial charge in [0.15, 0.2) is 6.10 Å². The molecule has 5 nitrogen and oxygen atoms in total. The van der Waals surface area contributed by atoms with E-state index in [1.807, 2.05) is 31.2 Å². The van der Waals surface area contributed by atoms with Crippen molar-refractivity contribution in [2.45, 2.75) is 13.0 Å². The summed E-state index contributed by atoms with van der Waals surface area (Å²) in [5, 5.41) is 11.9. The molecular formula is C14H17N3O2. The summed E-state index contributed by atoms with van der Waals surface area (Å²) in [4.78, 5) is 14.2. The van der Waals surface area contributed by atoms with Crippen molar-refractivity contribution in [2.75, 3.05) is 32.1 Å². The Labute approximate surface area is 112 Å². The first kappa shape index (κ1) is 13.4. The predicted molar refractivity (Wildman–Crippen MR) is 72.0 cm³/mol. The Morgan fingerprint density at radius 2 is 2.37 bits per heavy atom. The maximum atomic E-state index is 12.5. The number of carbonyl (C=O) groups excluding carboxylic acids is 1. The summed E-state index contributed by atoms with van der Waals surface area (Å²) in [7, 11) is 1.79. The van der Waals surface area contributed by atoms with E-state index in [4.69, 9.17) is 10.00 Å². The van der Waals surface area contributed by atoms with Gasteiger partial charge in [0.2, 0.25) is 0 Å². The zero-order chi connectivity index (χ0) is 13.8. The molecule has 0 aliphatic carbocycles. The maximum Gasteiger partial charge on any atom is 0.256 e. The third kappa shape index (κ3) is 2.85. The number of morpholine rings is 1. The van der Waals surface area contributed by atoms with Crippen molar-refractivity contribution in [3.8, 4) is 6.07 Å². The predicted octanol–water partition coefficient (Wildman–Crippen LogP) is 1.40. The molecule has 1 aliphatic heterocycles. The van der Waals surface area contributed by atoms with Gasteiger partial charge in [0, 0.05) is 19.3 Å². The third-order valence-corrected chi connectivity index (χ3v) is 3.17. The van der Waals surface area contributed by atoms with E-state index in [9.17, 15) is 4.79 Å². The number of hydrogen-bond acceptors (Lipinski definition) is 4. The van der Waals surface area contributed by atoms with Gasteiger partial charge in [0.1, 0.15) is 0 Å². The lowest BCUT2D eigenvalue weighted by molar-refractivity contribution is 0.00351. The number of aryl methyl sites for hydroxylation is 1. The van der Waals surface area contributed by atoms with E-state index in [0.717, 1.165) is 11.3 Å². The summed E-state index contributed by atoms with van der Waals surface area (Å²) >= 11 is 0. The van der Waals surface area contributed by atoms with E-state index in [1.54, 1.807) is 11.9 Å². The Morgan fingerprint density at radius 1 is 1.58 bits per heavy atom. The van der Waals surface area contributed by atoms with Gasteiger partial charge in [0.05, 0.1) is 24.8 Å². The maximum absolute atomic E-state index is 12.5. The number of rotatable bonds is 2. The van der Waals surface area contributed by atoms with Gasteiger partial charge in [-0.3, -0.25) is 4.79 Å². The van der Waals surface area contributed by atoms with E-state index in [-0.39, 0.29) is 5.91 Å². The summed E-state index contributed by atoms with van der Waals surface area (Å²) in [6.45, 7) is 3.21. The fraction of sp³-hybridized carbons (Fsp3) is 0.429. The molecule has 1 unspecified atom stereocenters. The molecule has 0 aromatic heterocycles. The van der Waals surface area contributed by atoms with Crippen molar-refractivity contribution < 1.29 is 9.53 Å². The number of nitrogens with zero attached hydrogens (tertiary/aromatic N) is 2. The average molecular weight is 259 g/mol. The number of anilines is 1. The first-order valence-electron chi connectivity index (χ1n) is 6.24. The average Bonchev–Trinajstić information content (AvgIpc) is 2.46. The van der Waals surface area contributed by atoms with Crippen molar-refractivity contribution >= 4 is 11.6 Å². The first-order chi connectivity index (χ1) is 9.15. The highest BCUT2D eigenvalue weighted by Gasteiger charge is 2.26. The Balaban J connectivity index is 2.24. The van der Waals surface area contributed by atoms with Crippen LogP contribution in [0.5, 0.6) is 0 Å². The molecule has 1 heterocycles. The normalized spacial score (nSPS) is 18.8. The van der Waals surface area contributed by atoms with E-state index in [0.29, 0.717) is 25.3 Å². The summed E-state index contributed by atoms with van der Waals surface area (Å²) < 4.78 is 5.25. The van der Waals surface area contributed by atoms with Crippen LogP contribution in [0.2, 0.25) is 0 Å². The van der Waals surface area contributed by atoms with Crippen molar-refractivity contribution in [1.29, 1.82) is 5.26 Å². The van der Waals surface area contributed by atoms with Crippen LogP contribution >= 0.6 is 0 Å². The molecule has 2 rings (SSSR count). The minimum absolute atomic E-state index is 0.0587. The van der Waals surface area contributed by atoms with Crippen LogP contribution in [0.1, 0.15) is 15.9 Å². The summed E-state index contributed by atoms with van der Waals surface area (Å²) in [6, 6.07) is 7.77. The molecule has 19 heavy (non-hydrogen) atoms. The molecule has 5 heteroatoms. The highest BCUT2D eigenvalue weighted by Crippen LogP contribution is 2.20. The molecule has 0 spiro atoms. The number of benzene rings is 1. The second kappa shape index (κ2) is 5.72. The standard InChI is InChI=1S/C14H17N3O2/c1-10-3-4-13(16-2)12(7-10)14(18)17-5-6-19-11(8-15)9-17/h3-4,7,11,16H,5-6,9H2,1-2H3. The van der Waals surface area contributed by atoms with Crippen LogP contribution in [-0.2, 0) is 4.74 Å². The number of ether oxygens (including phenoxy) is 1. The Hall–Kier alpha value is -2.06.